The smallest absolute Gasteiger partial charge is 0.138 e. The van der Waals surface area contributed by atoms with Crippen LogP contribution < -0.4 is 9.80 Å². The molecule has 1 aliphatic heterocycles. The first-order valence-corrected chi connectivity index (χ1v) is 4.77. The van der Waals surface area contributed by atoms with E-state index in [0.29, 0.717) is 5.70 Å². The van der Waals surface area contributed by atoms with Gasteiger partial charge in [0.15, 0.2) is 0 Å². The largest absolute Gasteiger partial charge is 0.327 e. The molecule has 0 spiro atoms. The number of anilines is 2. The Morgan fingerprint density at radius 2 is 1.56 bits per heavy atom. The molecule has 0 amide bonds. The maximum atomic E-state index is 10.6. The van der Waals surface area contributed by atoms with Crippen molar-refractivity contribution in [2.45, 2.75) is 6.92 Å². The van der Waals surface area contributed by atoms with Gasteiger partial charge in [0.2, 0.25) is 0 Å². The zero-order valence-electron chi connectivity index (χ0n) is 9.47. The number of benzene rings is 1. The molecule has 1 aromatic carbocycles. The highest BCUT2D eigenvalue weighted by molar-refractivity contribution is 14.0. The lowest BCUT2D eigenvalue weighted by Crippen LogP contribution is -2.23. The number of hydrogen-bond donors (Lipinski definition) is 0. The normalized spacial score (nSPS) is 13.3. The van der Waals surface area contributed by atoms with Crippen LogP contribution in [0.5, 0.6) is 0 Å². The summed E-state index contributed by atoms with van der Waals surface area (Å²) >= 11 is 0. The number of nitroso groups, excluding NO2 is 1. The van der Waals surface area contributed by atoms with Gasteiger partial charge in [-0.2, -0.15) is 0 Å². The van der Waals surface area contributed by atoms with E-state index in [-0.39, 0.29) is 24.0 Å². The van der Waals surface area contributed by atoms with E-state index in [1.165, 1.54) is 0 Å². The maximum Gasteiger partial charge on any atom is 0.138 e. The average Bonchev–Trinajstić information content (AvgIpc) is 2.52. The highest BCUT2D eigenvalue weighted by Gasteiger charge is 2.27. The third-order valence-corrected chi connectivity index (χ3v) is 2.70. The number of allylic oxidation sites excluding steroid dienone is 1. The molecule has 5 heteroatoms. The Labute approximate surface area is 112 Å². The summed E-state index contributed by atoms with van der Waals surface area (Å²) in [6, 6.07) is 8.01. The van der Waals surface area contributed by atoms with Gasteiger partial charge in [-0.15, -0.1) is 28.9 Å². The predicted molar refractivity (Wildman–Crippen MR) is 77.2 cm³/mol. The molecule has 1 aromatic rings. The molecule has 0 unspecified atom stereocenters. The monoisotopic (exact) mass is 331 g/mol. The zero-order chi connectivity index (χ0) is 11.0. The summed E-state index contributed by atoms with van der Waals surface area (Å²) in [5.74, 6) is 0.839. The van der Waals surface area contributed by atoms with Crippen LogP contribution in [-0.2, 0) is 0 Å². The summed E-state index contributed by atoms with van der Waals surface area (Å²) in [5, 5.41) is 3.00. The Morgan fingerprint density at radius 3 is 1.94 bits per heavy atom. The maximum absolute atomic E-state index is 10.6. The van der Waals surface area contributed by atoms with Crippen LogP contribution in [0.25, 0.3) is 0 Å². The van der Waals surface area contributed by atoms with E-state index >= 15 is 0 Å². The van der Waals surface area contributed by atoms with Crippen LogP contribution in [0.15, 0.2) is 41.0 Å². The van der Waals surface area contributed by atoms with Gasteiger partial charge in [0.1, 0.15) is 11.5 Å². The lowest BCUT2D eigenvalue weighted by atomic mass is 10.3. The van der Waals surface area contributed by atoms with Crippen LogP contribution in [0.4, 0.5) is 11.4 Å². The molecule has 0 radical (unpaired) electrons. The molecule has 0 N–H and O–H groups in total. The molecule has 1 heterocycles. The van der Waals surface area contributed by atoms with Crippen molar-refractivity contribution in [2.75, 3.05) is 23.9 Å². The van der Waals surface area contributed by atoms with Crippen molar-refractivity contribution in [2.24, 2.45) is 5.18 Å². The van der Waals surface area contributed by atoms with Gasteiger partial charge >= 0.3 is 0 Å². The van der Waals surface area contributed by atoms with Crippen molar-refractivity contribution in [1.29, 1.82) is 0 Å². The Balaban J connectivity index is 0.00000128. The average molecular weight is 331 g/mol. The first kappa shape index (κ1) is 13.0. The van der Waals surface area contributed by atoms with Crippen LogP contribution >= 0.6 is 24.0 Å². The fourth-order valence-corrected chi connectivity index (χ4v) is 2.01. The zero-order valence-corrected chi connectivity index (χ0v) is 11.8. The third-order valence-electron chi connectivity index (χ3n) is 2.70. The van der Waals surface area contributed by atoms with Crippen molar-refractivity contribution in [1.82, 2.24) is 0 Å². The van der Waals surface area contributed by atoms with Gasteiger partial charge in [-0.05, 0) is 24.2 Å². The Bertz CT molecular complexity index is 414. The molecule has 2 rings (SSSR count). The SMILES string of the molecule is CC(N=O)=C1N(C)c2ccccc2N1C.I. The second-order valence-electron chi connectivity index (χ2n) is 3.61. The number of nitrogens with zero attached hydrogens (tertiary/aromatic N) is 3. The summed E-state index contributed by atoms with van der Waals surface area (Å²) in [4.78, 5) is 14.5. The number of para-hydroxylation sites is 2. The molecular weight excluding hydrogens is 317 g/mol. The van der Waals surface area contributed by atoms with Gasteiger partial charge in [0.25, 0.3) is 0 Å². The van der Waals surface area contributed by atoms with Gasteiger partial charge < -0.3 is 9.80 Å². The number of hydrogen-bond acceptors (Lipinski definition) is 4. The van der Waals surface area contributed by atoms with E-state index < -0.39 is 0 Å². The van der Waals surface area contributed by atoms with Crippen LogP contribution in [0.1, 0.15) is 6.92 Å². The topological polar surface area (TPSA) is 35.9 Å². The van der Waals surface area contributed by atoms with E-state index in [2.05, 4.69) is 5.18 Å². The Kier molecular flexibility index (Phi) is 3.90. The van der Waals surface area contributed by atoms with Gasteiger partial charge in [0, 0.05) is 14.1 Å². The lowest BCUT2D eigenvalue weighted by Gasteiger charge is -2.18. The minimum atomic E-state index is 0. The van der Waals surface area contributed by atoms with E-state index in [4.69, 9.17) is 0 Å². The molecule has 0 bridgehead atoms. The molecule has 0 saturated heterocycles. The fourth-order valence-electron chi connectivity index (χ4n) is 2.01. The molecule has 0 aromatic heterocycles. The van der Waals surface area contributed by atoms with E-state index in [0.717, 1.165) is 17.2 Å². The second-order valence-corrected chi connectivity index (χ2v) is 3.61. The Hall–Kier alpha value is -1.11. The predicted octanol–water partition coefficient (Wildman–Crippen LogP) is 3.15. The molecule has 0 fully saturated rings. The summed E-state index contributed by atoms with van der Waals surface area (Å²) in [6.07, 6.45) is 0. The first-order valence-electron chi connectivity index (χ1n) is 4.77. The molecule has 86 valence electrons. The van der Waals surface area contributed by atoms with Crippen molar-refractivity contribution in [3.63, 3.8) is 0 Å². The molecule has 1 aliphatic rings. The van der Waals surface area contributed by atoms with Crippen LogP contribution in [-0.4, -0.2) is 14.1 Å². The molecular formula is C11H14IN3O. The van der Waals surface area contributed by atoms with Gasteiger partial charge in [-0.1, -0.05) is 12.1 Å². The van der Waals surface area contributed by atoms with Gasteiger partial charge in [0.05, 0.1) is 11.4 Å². The van der Waals surface area contributed by atoms with Gasteiger partial charge in [-0.25, -0.2) is 0 Å². The highest BCUT2D eigenvalue weighted by Crippen LogP contribution is 2.40. The fraction of sp³-hybridized carbons (Fsp3) is 0.273. The number of halogens is 1. The highest BCUT2D eigenvalue weighted by atomic mass is 127. The lowest BCUT2D eigenvalue weighted by molar-refractivity contribution is 0.993. The molecule has 4 nitrogen and oxygen atoms in total. The minimum Gasteiger partial charge on any atom is -0.327 e. The van der Waals surface area contributed by atoms with Crippen LogP contribution in [0.3, 0.4) is 0 Å². The second kappa shape index (κ2) is 4.82. The van der Waals surface area contributed by atoms with Crippen molar-refractivity contribution < 1.29 is 0 Å². The van der Waals surface area contributed by atoms with Crippen molar-refractivity contribution in [3.05, 3.63) is 40.7 Å². The molecule has 0 saturated carbocycles. The summed E-state index contributed by atoms with van der Waals surface area (Å²) < 4.78 is 0. The first-order chi connectivity index (χ1) is 7.16. The summed E-state index contributed by atoms with van der Waals surface area (Å²) in [6.45, 7) is 1.72. The summed E-state index contributed by atoms with van der Waals surface area (Å²) in [5.41, 5.74) is 2.69. The Morgan fingerprint density at radius 1 is 1.12 bits per heavy atom. The third kappa shape index (κ3) is 1.79. The molecule has 16 heavy (non-hydrogen) atoms. The van der Waals surface area contributed by atoms with Crippen molar-refractivity contribution >= 4 is 35.4 Å². The van der Waals surface area contributed by atoms with Crippen LogP contribution in [0, 0.1) is 4.91 Å². The van der Waals surface area contributed by atoms with E-state index in [1.807, 2.05) is 48.2 Å². The minimum absolute atomic E-state index is 0. The van der Waals surface area contributed by atoms with E-state index in [1.54, 1.807) is 6.92 Å². The van der Waals surface area contributed by atoms with E-state index in [9.17, 15) is 4.91 Å². The molecule has 0 aliphatic carbocycles. The van der Waals surface area contributed by atoms with Crippen LogP contribution in [0.2, 0.25) is 0 Å². The quantitative estimate of drug-likeness (QED) is 0.586. The van der Waals surface area contributed by atoms with Crippen molar-refractivity contribution in [3.8, 4) is 0 Å². The standard InChI is InChI=1S/C11H13N3O.HI/c1-8(12-15)11-13(2)9-6-4-5-7-10(9)14(11)3;/h4-7H,1-3H3;1H. The summed E-state index contributed by atoms with van der Waals surface area (Å²) in [7, 11) is 3.87. The number of rotatable bonds is 1. The number of fused-ring (bicyclic) bond motifs is 1. The van der Waals surface area contributed by atoms with Gasteiger partial charge in [-0.3, -0.25) is 0 Å². The molecule has 0 atom stereocenters.